The van der Waals surface area contributed by atoms with Crippen LogP contribution in [-0.2, 0) is 6.42 Å². The molecule has 2 aliphatic carbocycles. The molecule has 1 aromatic carbocycles. The maximum Gasteiger partial charge on any atom is 0.119 e. The highest BCUT2D eigenvalue weighted by Crippen LogP contribution is 2.51. The van der Waals surface area contributed by atoms with E-state index in [9.17, 15) is 10.2 Å². The van der Waals surface area contributed by atoms with Gasteiger partial charge in [0.15, 0.2) is 0 Å². The summed E-state index contributed by atoms with van der Waals surface area (Å²) >= 11 is 0. The summed E-state index contributed by atoms with van der Waals surface area (Å²) in [6.07, 6.45) is 9.06. The van der Waals surface area contributed by atoms with Crippen LogP contribution in [0.1, 0.15) is 77.7 Å². The molecule has 0 radical (unpaired) electrons. The summed E-state index contributed by atoms with van der Waals surface area (Å²) in [6.45, 7) is 7.29. The van der Waals surface area contributed by atoms with E-state index >= 15 is 0 Å². The lowest BCUT2D eigenvalue weighted by molar-refractivity contribution is -0.132. The molecular weight excluding hydrogens is 374 g/mol. The Morgan fingerprint density at radius 3 is 2.53 bits per heavy atom. The lowest BCUT2D eigenvalue weighted by Gasteiger charge is -2.52. The molecule has 6 unspecified atom stereocenters. The molecule has 2 aliphatic rings. The third-order valence-corrected chi connectivity index (χ3v) is 8.13. The second kappa shape index (κ2) is 10.0. The van der Waals surface area contributed by atoms with Crippen molar-refractivity contribution in [1.82, 2.24) is 0 Å². The summed E-state index contributed by atoms with van der Waals surface area (Å²) in [5.74, 6) is 3.31. The number of fused-ring (bicyclic) bond motifs is 2. The zero-order chi connectivity index (χ0) is 21.8. The molecule has 0 spiro atoms. The second-order valence-electron chi connectivity index (χ2n) is 10.5. The number of aryl methyl sites for hydroxylation is 1. The van der Waals surface area contributed by atoms with Gasteiger partial charge in [0, 0.05) is 5.54 Å². The standard InChI is InChI=1S/C26H43NO3/c1-4-25(27,18-28)12-10-21-6-8-24(9-7-21)30-13-5-11-26(29)20(3)16-22-14-19(2)15-23(26)17-22/h6-9,19-20,22-23,28-29H,4-5,10-18,27H2,1-3H3. The topological polar surface area (TPSA) is 75.7 Å². The first-order chi connectivity index (χ1) is 14.3. The summed E-state index contributed by atoms with van der Waals surface area (Å²) in [7, 11) is 0. The van der Waals surface area contributed by atoms with Crippen LogP contribution in [0.15, 0.2) is 24.3 Å². The predicted octanol–water partition coefficient (Wildman–Crippen LogP) is 4.70. The van der Waals surface area contributed by atoms with Crippen molar-refractivity contribution in [3.8, 4) is 5.75 Å². The van der Waals surface area contributed by atoms with Gasteiger partial charge in [-0.15, -0.1) is 0 Å². The molecule has 0 heterocycles. The molecule has 2 saturated carbocycles. The summed E-state index contributed by atoms with van der Waals surface area (Å²) in [5, 5.41) is 20.9. The third-order valence-electron chi connectivity index (χ3n) is 8.13. The highest BCUT2D eigenvalue weighted by atomic mass is 16.5. The van der Waals surface area contributed by atoms with Gasteiger partial charge in [-0.05, 0) is 99.2 Å². The van der Waals surface area contributed by atoms with E-state index in [1.165, 1.54) is 31.2 Å². The van der Waals surface area contributed by atoms with E-state index < -0.39 is 11.1 Å². The van der Waals surface area contributed by atoms with Crippen LogP contribution in [0, 0.1) is 23.7 Å². The van der Waals surface area contributed by atoms with Gasteiger partial charge >= 0.3 is 0 Å². The van der Waals surface area contributed by atoms with Crippen molar-refractivity contribution in [3.63, 3.8) is 0 Å². The van der Waals surface area contributed by atoms with Crippen LogP contribution in [0.4, 0.5) is 0 Å². The van der Waals surface area contributed by atoms with Gasteiger partial charge in [-0.3, -0.25) is 0 Å². The molecular formula is C26H43NO3. The Balaban J connectivity index is 1.44. The van der Waals surface area contributed by atoms with Crippen LogP contribution in [0.25, 0.3) is 0 Å². The lowest BCUT2D eigenvalue weighted by atomic mass is 9.57. The van der Waals surface area contributed by atoms with Gasteiger partial charge in [-0.1, -0.05) is 32.9 Å². The quantitative estimate of drug-likeness (QED) is 0.482. The van der Waals surface area contributed by atoms with Crippen molar-refractivity contribution < 1.29 is 14.9 Å². The number of hydrogen-bond donors (Lipinski definition) is 3. The van der Waals surface area contributed by atoms with Crippen LogP contribution in [-0.4, -0.2) is 34.6 Å². The third kappa shape index (κ3) is 5.57. The molecule has 0 amide bonds. The van der Waals surface area contributed by atoms with Crippen molar-refractivity contribution in [2.24, 2.45) is 29.4 Å². The van der Waals surface area contributed by atoms with Crippen LogP contribution in [0.5, 0.6) is 5.75 Å². The predicted molar refractivity (Wildman–Crippen MR) is 123 cm³/mol. The summed E-state index contributed by atoms with van der Waals surface area (Å²) < 4.78 is 5.97. The van der Waals surface area contributed by atoms with Gasteiger partial charge in [-0.25, -0.2) is 0 Å². The number of hydrogen-bond acceptors (Lipinski definition) is 4. The Labute approximate surface area is 183 Å². The normalized spacial score (nSPS) is 33.1. The minimum Gasteiger partial charge on any atom is -0.494 e. The minimum atomic E-state index is -0.515. The molecule has 0 aliphatic heterocycles. The molecule has 1 aromatic rings. The minimum absolute atomic E-state index is 0.0239. The van der Waals surface area contributed by atoms with E-state index in [-0.39, 0.29) is 6.61 Å². The van der Waals surface area contributed by atoms with Crippen molar-refractivity contribution in [3.05, 3.63) is 29.8 Å². The van der Waals surface area contributed by atoms with Crippen molar-refractivity contribution >= 4 is 0 Å². The lowest BCUT2D eigenvalue weighted by Crippen LogP contribution is -2.51. The zero-order valence-electron chi connectivity index (χ0n) is 19.3. The fraction of sp³-hybridized carbons (Fsp3) is 0.769. The number of nitrogens with two attached hydrogens (primary N) is 1. The van der Waals surface area contributed by atoms with Crippen LogP contribution < -0.4 is 10.5 Å². The summed E-state index contributed by atoms with van der Waals surface area (Å²) in [5.41, 5.74) is 6.39. The fourth-order valence-corrected chi connectivity index (χ4v) is 5.96. The smallest absolute Gasteiger partial charge is 0.119 e. The molecule has 3 rings (SSSR count). The first-order valence-corrected chi connectivity index (χ1v) is 12.1. The van der Waals surface area contributed by atoms with Crippen LogP contribution in [0.2, 0.25) is 0 Å². The Morgan fingerprint density at radius 1 is 1.13 bits per heavy atom. The van der Waals surface area contributed by atoms with Gasteiger partial charge in [0.25, 0.3) is 0 Å². The van der Waals surface area contributed by atoms with Gasteiger partial charge in [0.2, 0.25) is 0 Å². The molecule has 170 valence electrons. The SMILES string of the molecule is CCC(N)(CO)CCc1ccc(OCCCC2(O)C(C)CC3CC(C)CC2C3)cc1. The Kier molecular flexibility index (Phi) is 7.86. The van der Waals surface area contributed by atoms with E-state index in [1.54, 1.807) is 0 Å². The average Bonchev–Trinajstić information content (AvgIpc) is 2.74. The number of ether oxygens (including phenoxy) is 1. The van der Waals surface area contributed by atoms with Crippen LogP contribution in [0.3, 0.4) is 0 Å². The molecule has 0 aromatic heterocycles. The summed E-state index contributed by atoms with van der Waals surface area (Å²) in [4.78, 5) is 0. The van der Waals surface area contributed by atoms with Gasteiger partial charge in [-0.2, -0.15) is 0 Å². The maximum atomic E-state index is 11.5. The second-order valence-corrected chi connectivity index (χ2v) is 10.5. The largest absolute Gasteiger partial charge is 0.494 e. The highest BCUT2D eigenvalue weighted by molar-refractivity contribution is 5.27. The van der Waals surface area contributed by atoms with Gasteiger partial charge in [0.05, 0.1) is 18.8 Å². The van der Waals surface area contributed by atoms with Gasteiger partial charge < -0.3 is 20.7 Å². The van der Waals surface area contributed by atoms with Crippen molar-refractivity contribution in [2.75, 3.05) is 13.2 Å². The van der Waals surface area contributed by atoms with E-state index in [0.29, 0.717) is 18.4 Å². The fourth-order valence-electron chi connectivity index (χ4n) is 5.96. The average molecular weight is 418 g/mol. The van der Waals surface area contributed by atoms with E-state index in [0.717, 1.165) is 49.7 Å². The molecule has 6 atom stereocenters. The van der Waals surface area contributed by atoms with Gasteiger partial charge in [0.1, 0.15) is 5.75 Å². The number of aliphatic hydroxyl groups is 2. The monoisotopic (exact) mass is 417 g/mol. The molecule has 30 heavy (non-hydrogen) atoms. The maximum absolute atomic E-state index is 11.5. The Bertz CT molecular complexity index is 653. The van der Waals surface area contributed by atoms with E-state index in [4.69, 9.17) is 10.5 Å². The molecule has 4 N–H and O–H groups in total. The number of aliphatic hydroxyl groups excluding tert-OH is 1. The number of benzene rings is 1. The molecule has 4 heteroatoms. The van der Waals surface area contributed by atoms with Crippen LogP contribution >= 0.6 is 0 Å². The first kappa shape index (κ1) is 23.6. The summed E-state index contributed by atoms with van der Waals surface area (Å²) in [6, 6.07) is 8.21. The zero-order valence-corrected chi connectivity index (χ0v) is 19.3. The Morgan fingerprint density at radius 2 is 1.87 bits per heavy atom. The first-order valence-electron chi connectivity index (χ1n) is 12.1. The Hall–Kier alpha value is -1.10. The van der Waals surface area contributed by atoms with Crippen molar-refractivity contribution in [1.29, 1.82) is 0 Å². The van der Waals surface area contributed by atoms with Crippen molar-refractivity contribution in [2.45, 2.75) is 89.7 Å². The number of rotatable bonds is 10. The van der Waals surface area contributed by atoms with E-state index in [2.05, 4.69) is 26.0 Å². The van der Waals surface area contributed by atoms with E-state index in [1.807, 2.05) is 19.1 Å². The molecule has 2 fully saturated rings. The molecule has 2 bridgehead atoms. The highest BCUT2D eigenvalue weighted by Gasteiger charge is 2.49. The molecule has 0 saturated heterocycles. The molecule has 4 nitrogen and oxygen atoms in total.